The van der Waals surface area contributed by atoms with Gasteiger partial charge in [-0.1, -0.05) is 24.3 Å². The standard InChI is InChI=1S/C17H18N2S2/c1-2-5-15-13(4-1)14(12-21-15)17(16-6-3-11-20-16)19-9-7-18-8-10-19/h1-6,11-12,17-18H,7-10H2/t17-/m1/s1. The number of hydrogen-bond acceptors (Lipinski definition) is 4. The number of thiophene rings is 2. The summed E-state index contributed by atoms with van der Waals surface area (Å²) in [7, 11) is 0. The second-order valence-corrected chi connectivity index (χ2v) is 7.28. The summed E-state index contributed by atoms with van der Waals surface area (Å²) in [6.07, 6.45) is 0. The van der Waals surface area contributed by atoms with E-state index < -0.39 is 0 Å². The van der Waals surface area contributed by atoms with Gasteiger partial charge in [0.25, 0.3) is 0 Å². The van der Waals surface area contributed by atoms with Crippen molar-refractivity contribution in [3.8, 4) is 0 Å². The molecule has 1 N–H and O–H groups in total. The van der Waals surface area contributed by atoms with E-state index >= 15 is 0 Å². The molecule has 1 aromatic carbocycles. The van der Waals surface area contributed by atoms with Crippen LogP contribution in [0.15, 0.2) is 47.2 Å². The minimum atomic E-state index is 0.406. The van der Waals surface area contributed by atoms with Crippen molar-refractivity contribution in [2.75, 3.05) is 26.2 Å². The molecule has 0 bridgehead atoms. The van der Waals surface area contributed by atoms with Crippen molar-refractivity contribution in [2.45, 2.75) is 6.04 Å². The first kappa shape index (κ1) is 13.5. The molecule has 21 heavy (non-hydrogen) atoms. The molecule has 0 amide bonds. The molecule has 4 rings (SSSR count). The highest BCUT2D eigenvalue weighted by atomic mass is 32.1. The average molecular weight is 314 g/mol. The summed E-state index contributed by atoms with van der Waals surface area (Å²) in [5, 5.41) is 9.43. The Balaban J connectivity index is 1.81. The number of rotatable bonds is 3. The van der Waals surface area contributed by atoms with Crippen LogP contribution >= 0.6 is 22.7 Å². The van der Waals surface area contributed by atoms with Crippen LogP contribution in [0.5, 0.6) is 0 Å². The van der Waals surface area contributed by atoms with Gasteiger partial charge in [0.05, 0.1) is 6.04 Å². The van der Waals surface area contributed by atoms with Crippen LogP contribution in [0.3, 0.4) is 0 Å². The molecular weight excluding hydrogens is 296 g/mol. The van der Waals surface area contributed by atoms with Gasteiger partial charge in [-0.25, -0.2) is 0 Å². The zero-order chi connectivity index (χ0) is 14.1. The first-order chi connectivity index (χ1) is 10.4. The predicted molar refractivity (Wildman–Crippen MR) is 92.4 cm³/mol. The minimum absolute atomic E-state index is 0.406. The molecule has 3 heterocycles. The van der Waals surface area contributed by atoms with Crippen LogP contribution in [0, 0.1) is 0 Å². The second-order valence-electron chi connectivity index (χ2n) is 5.39. The van der Waals surface area contributed by atoms with Crippen molar-refractivity contribution >= 4 is 32.8 Å². The Kier molecular flexibility index (Phi) is 3.78. The van der Waals surface area contributed by atoms with E-state index in [4.69, 9.17) is 0 Å². The van der Waals surface area contributed by atoms with Gasteiger partial charge >= 0.3 is 0 Å². The van der Waals surface area contributed by atoms with E-state index in [9.17, 15) is 0 Å². The number of fused-ring (bicyclic) bond motifs is 1. The second kappa shape index (κ2) is 5.89. The van der Waals surface area contributed by atoms with Gasteiger partial charge in [-0.15, -0.1) is 22.7 Å². The number of nitrogens with one attached hydrogen (secondary N) is 1. The van der Waals surface area contributed by atoms with E-state index in [0.29, 0.717) is 6.04 Å². The highest BCUT2D eigenvalue weighted by Gasteiger charge is 2.26. The largest absolute Gasteiger partial charge is 0.314 e. The third-order valence-electron chi connectivity index (χ3n) is 4.13. The molecule has 3 aromatic rings. The Morgan fingerprint density at radius 3 is 2.67 bits per heavy atom. The number of piperazine rings is 1. The molecule has 4 heteroatoms. The highest BCUT2D eigenvalue weighted by molar-refractivity contribution is 7.17. The molecule has 1 aliphatic rings. The molecule has 1 saturated heterocycles. The van der Waals surface area contributed by atoms with Crippen molar-refractivity contribution < 1.29 is 0 Å². The SMILES string of the molecule is c1csc([C@@H](c2csc3ccccc23)N2CCNCC2)c1. The van der Waals surface area contributed by atoms with Crippen LogP contribution in [0.4, 0.5) is 0 Å². The summed E-state index contributed by atoms with van der Waals surface area (Å²) < 4.78 is 1.39. The summed E-state index contributed by atoms with van der Waals surface area (Å²) in [6, 6.07) is 13.6. The monoisotopic (exact) mass is 314 g/mol. The quantitative estimate of drug-likeness (QED) is 0.787. The van der Waals surface area contributed by atoms with E-state index in [1.165, 1.54) is 20.5 Å². The molecule has 1 aliphatic heterocycles. The lowest BCUT2D eigenvalue weighted by Gasteiger charge is -2.34. The van der Waals surface area contributed by atoms with Crippen molar-refractivity contribution in [2.24, 2.45) is 0 Å². The fourth-order valence-corrected chi connectivity index (χ4v) is 4.98. The molecule has 0 aliphatic carbocycles. The molecule has 0 spiro atoms. The first-order valence-electron chi connectivity index (χ1n) is 7.38. The lowest BCUT2D eigenvalue weighted by atomic mass is 10.0. The molecule has 2 nitrogen and oxygen atoms in total. The Labute approximate surface area is 133 Å². The molecule has 2 aromatic heterocycles. The van der Waals surface area contributed by atoms with Gasteiger partial charge in [-0.2, -0.15) is 0 Å². The Bertz CT molecular complexity index is 711. The maximum Gasteiger partial charge on any atom is 0.0711 e. The topological polar surface area (TPSA) is 15.3 Å². The van der Waals surface area contributed by atoms with Gasteiger partial charge in [-0.3, -0.25) is 4.90 Å². The van der Waals surface area contributed by atoms with Gasteiger partial charge in [0.2, 0.25) is 0 Å². The molecule has 1 fully saturated rings. The van der Waals surface area contributed by atoms with Crippen LogP contribution in [-0.4, -0.2) is 31.1 Å². The Hall–Kier alpha value is -1.20. The van der Waals surface area contributed by atoms with E-state index in [2.05, 4.69) is 57.4 Å². The lowest BCUT2D eigenvalue weighted by molar-refractivity contribution is 0.202. The number of nitrogens with zero attached hydrogens (tertiary/aromatic N) is 1. The molecule has 0 unspecified atom stereocenters. The van der Waals surface area contributed by atoms with Crippen molar-refractivity contribution in [3.05, 3.63) is 57.6 Å². The van der Waals surface area contributed by atoms with Crippen molar-refractivity contribution in [3.63, 3.8) is 0 Å². The van der Waals surface area contributed by atoms with E-state index in [1.807, 2.05) is 22.7 Å². The highest BCUT2D eigenvalue weighted by Crippen LogP contribution is 2.38. The van der Waals surface area contributed by atoms with Crippen LogP contribution < -0.4 is 5.32 Å². The summed E-state index contributed by atoms with van der Waals surface area (Å²) in [5.74, 6) is 0. The van der Waals surface area contributed by atoms with Gasteiger partial charge in [-0.05, 0) is 33.8 Å². The van der Waals surface area contributed by atoms with Gasteiger partial charge in [0.1, 0.15) is 0 Å². The van der Waals surface area contributed by atoms with E-state index in [1.54, 1.807) is 0 Å². The zero-order valence-corrected chi connectivity index (χ0v) is 13.4. The predicted octanol–water partition coefficient (Wildman–Crippen LogP) is 3.96. The maximum absolute atomic E-state index is 3.46. The average Bonchev–Trinajstić information content (AvgIpc) is 3.20. The Morgan fingerprint density at radius 1 is 1.00 bits per heavy atom. The summed E-state index contributed by atoms with van der Waals surface area (Å²) in [6.45, 7) is 4.41. The van der Waals surface area contributed by atoms with Crippen molar-refractivity contribution in [1.82, 2.24) is 10.2 Å². The van der Waals surface area contributed by atoms with Crippen LogP contribution in [0.25, 0.3) is 10.1 Å². The molecular formula is C17H18N2S2. The number of benzene rings is 1. The summed E-state index contributed by atoms with van der Waals surface area (Å²) in [5.41, 5.74) is 1.47. The third kappa shape index (κ3) is 2.53. The summed E-state index contributed by atoms with van der Waals surface area (Å²) >= 11 is 3.74. The van der Waals surface area contributed by atoms with Crippen LogP contribution in [0.1, 0.15) is 16.5 Å². The maximum atomic E-state index is 3.46. The van der Waals surface area contributed by atoms with Crippen molar-refractivity contribution in [1.29, 1.82) is 0 Å². The molecule has 1 atom stereocenters. The molecule has 108 valence electrons. The Morgan fingerprint density at radius 2 is 1.86 bits per heavy atom. The van der Waals surface area contributed by atoms with E-state index in [-0.39, 0.29) is 0 Å². The fraction of sp³-hybridized carbons (Fsp3) is 0.294. The van der Waals surface area contributed by atoms with Gasteiger partial charge in [0.15, 0.2) is 0 Å². The minimum Gasteiger partial charge on any atom is -0.314 e. The van der Waals surface area contributed by atoms with Gasteiger partial charge < -0.3 is 5.32 Å². The third-order valence-corrected chi connectivity index (χ3v) is 6.04. The zero-order valence-electron chi connectivity index (χ0n) is 11.8. The fourth-order valence-electron chi connectivity index (χ4n) is 3.13. The number of hydrogen-bond donors (Lipinski definition) is 1. The molecule has 0 saturated carbocycles. The van der Waals surface area contributed by atoms with E-state index in [0.717, 1.165) is 26.2 Å². The van der Waals surface area contributed by atoms with Crippen LogP contribution in [-0.2, 0) is 0 Å². The van der Waals surface area contributed by atoms with Gasteiger partial charge in [0, 0.05) is 35.8 Å². The normalized spacial score (nSPS) is 18.1. The molecule has 0 radical (unpaired) electrons. The first-order valence-corrected chi connectivity index (χ1v) is 9.14. The summed E-state index contributed by atoms with van der Waals surface area (Å²) in [4.78, 5) is 4.08. The smallest absolute Gasteiger partial charge is 0.0711 e. The lowest BCUT2D eigenvalue weighted by Crippen LogP contribution is -2.45. The van der Waals surface area contributed by atoms with Crippen LogP contribution in [0.2, 0.25) is 0 Å².